The predicted molar refractivity (Wildman–Crippen MR) is 83.1 cm³/mol. The normalized spacial score (nSPS) is 17.2. The van der Waals surface area contributed by atoms with E-state index >= 15 is 0 Å². The van der Waals surface area contributed by atoms with Gasteiger partial charge in [-0.1, -0.05) is 12.1 Å². The molecule has 23 heavy (non-hydrogen) atoms. The zero-order chi connectivity index (χ0) is 16.4. The number of carbonyl (C=O) groups is 3. The summed E-state index contributed by atoms with van der Waals surface area (Å²) in [5.41, 5.74) is 1.51. The first-order valence-corrected chi connectivity index (χ1v) is 7.38. The van der Waals surface area contributed by atoms with Gasteiger partial charge >= 0.3 is 0 Å². The first kappa shape index (κ1) is 15.3. The van der Waals surface area contributed by atoms with Crippen molar-refractivity contribution in [1.29, 1.82) is 0 Å². The third-order valence-corrected chi connectivity index (χ3v) is 3.76. The highest BCUT2D eigenvalue weighted by Gasteiger charge is 2.30. The Bertz CT molecular complexity index is 767. The summed E-state index contributed by atoms with van der Waals surface area (Å²) >= 11 is 5.63. The second-order valence-corrected chi connectivity index (χ2v) is 5.64. The highest BCUT2D eigenvalue weighted by molar-refractivity contribution is 6.29. The summed E-state index contributed by atoms with van der Waals surface area (Å²) in [7, 11) is 0. The van der Waals surface area contributed by atoms with Crippen LogP contribution in [0.25, 0.3) is 0 Å². The third-order valence-electron chi connectivity index (χ3n) is 3.56. The number of amides is 3. The zero-order valence-corrected chi connectivity index (χ0v) is 12.7. The molecule has 1 aliphatic rings. The van der Waals surface area contributed by atoms with E-state index in [1.807, 2.05) is 0 Å². The Balaban J connectivity index is 1.62. The highest BCUT2D eigenvalue weighted by atomic mass is 35.5. The van der Waals surface area contributed by atoms with Crippen molar-refractivity contribution in [3.8, 4) is 0 Å². The average molecular weight is 333 g/mol. The Morgan fingerprint density at radius 1 is 1.22 bits per heavy atom. The molecule has 0 radical (unpaired) electrons. The lowest BCUT2D eigenvalue weighted by Crippen LogP contribution is -2.22. The van der Waals surface area contributed by atoms with Gasteiger partial charge in [0.25, 0.3) is 5.91 Å². The van der Waals surface area contributed by atoms with Gasteiger partial charge in [0.15, 0.2) is 11.0 Å². The fraction of sp³-hybridized carbons (Fsp3) is 0.188. The van der Waals surface area contributed by atoms with E-state index in [4.69, 9.17) is 16.0 Å². The summed E-state index contributed by atoms with van der Waals surface area (Å²) in [6, 6.07) is 10.1. The van der Waals surface area contributed by atoms with Crippen molar-refractivity contribution in [1.82, 2.24) is 5.32 Å². The molecule has 2 heterocycles. The Labute approximate surface area is 136 Å². The van der Waals surface area contributed by atoms with Crippen LogP contribution < -0.4 is 10.6 Å². The molecule has 6 nitrogen and oxygen atoms in total. The van der Waals surface area contributed by atoms with Gasteiger partial charge in [0.2, 0.25) is 11.8 Å². The smallest absolute Gasteiger partial charge is 0.291 e. The van der Waals surface area contributed by atoms with Crippen LogP contribution in [0.1, 0.15) is 22.5 Å². The second-order valence-electron chi connectivity index (χ2n) is 5.27. The fourth-order valence-electron chi connectivity index (χ4n) is 2.41. The van der Waals surface area contributed by atoms with Crippen LogP contribution in [0.4, 0.5) is 5.69 Å². The van der Waals surface area contributed by atoms with Crippen molar-refractivity contribution in [2.45, 2.75) is 12.8 Å². The molecule has 3 amide bonds. The monoisotopic (exact) mass is 332 g/mol. The SMILES string of the molecule is O=C1C[C@@H](Cc2ccc(NC(=O)c3ccc(Cl)o3)cc2)C(=O)N1. The molecule has 0 saturated carbocycles. The predicted octanol–water partition coefficient (Wildman–Crippen LogP) is 2.39. The number of nitrogens with one attached hydrogen (secondary N) is 2. The average Bonchev–Trinajstić information content (AvgIpc) is 3.07. The van der Waals surface area contributed by atoms with Gasteiger partial charge in [-0.05, 0) is 47.9 Å². The zero-order valence-electron chi connectivity index (χ0n) is 12.0. The Kier molecular flexibility index (Phi) is 4.16. The van der Waals surface area contributed by atoms with E-state index in [0.29, 0.717) is 12.1 Å². The topological polar surface area (TPSA) is 88.4 Å². The number of hydrogen-bond donors (Lipinski definition) is 2. The van der Waals surface area contributed by atoms with Crippen LogP contribution in [0.5, 0.6) is 0 Å². The molecule has 1 aliphatic heterocycles. The van der Waals surface area contributed by atoms with Crippen LogP contribution >= 0.6 is 11.6 Å². The second kappa shape index (κ2) is 6.26. The largest absolute Gasteiger partial charge is 0.440 e. The van der Waals surface area contributed by atoms with Crippen LogP contribution in [-0.4, -0.2) is 17.7 Å². The minimum atomic E-state index is -0.398. The van der Waals surface area contributed by atoms with Gasteiger partial charge in [0.1, 0.15) is 0 Å². The molecule has 118 valence electrons. The number of furan rings is 1. The van der Waals surface area contributed by atoms with Gasteiger partial charge in [-0.15, -0.1) is 0 Å². The standard InChI is InChI=1S/C16H13ClN2O4/c17-13-6-5-12(23-13)16(22)18-11-3-1-9(2-4-11)7-10-8-14(20)19-15(10)21/h1-6,10H,7-8H2,(H,18,22)(H,19,20,21)/t10-/m1/s1. The number of benzene rings is 1. The van der Waals surface area contributed by atoms with Crippen LogP contribution in [-0.2, 0) is 16.0 Å². The summed E-state index contributed by atoms with van der Waals surface area (Å²) in [6.07, 6.45) is 0.705. The van der Waals surface area contributed by atoms with E-state index in [-0.39, 0.29) is 35.1 Å². The summed E-state index contributed by atoms with van der Waals surface area (Å²) < 4.78 is 5.03. The van der Waals surface area contributed by atoms with E-state index in [1.54, 1.807) is 24.3 Å². The maximum Gasteiger partial charge on any atom is 0.291 e. The molecule has 1 aromatic heterocycles. The molecule has 1 aromatic carbocycles. The van der Waals surface area contributed by atoms with Crippen LogP contribution in [0.2, 0.25) is 5.22 Å². The summed E-state index contributed by atoms with van der Waals surface area (Å²) in [6.45, 7) is 0. The van der Waals surface area contributed by atoms with Crippen molar-refractivity contribution in [2.75, 3.05) is 5.32 Å². The third kappa shape index (κ3) is 3.60. The summed E-state index contributed by atoms with van der Waals surface area (Å²) in [5.74, 6) is -1.07. The first-order chi connectivity index (χ1) is 11.0. The minimum Gasteiger partial charge on any atom is -0.440 e. The molecule has 0 spiro atoms. The number of halogens is 1. The van der Waals surface area contributed by atoms with Gasteiger partial charge in [0.05, 0.1) is 5.92 Å². The Morgan fingerprint density at radius 2 is 1.96 bits per heavy atom. The molecule has 0 unspecified atom stereocenters. The molecular weight excluding hydrogens is 320 g/mol. The lowest BCUT2D eigenvalue weighted by molar-refractivity contribution is -0.125. The van der Waals surface area contributed by atoms with Gasteiger partial charge in [-0.2, -0.15) is 0 Å². The Morgan fingerprint density at radius 3 is 2.52 bits per heavy atom. The number of anilines is 1. The minimum absolute atomic E-state index is 0.125. The fourth-order valence-corrected chi connectivity index (χ4v) is 2.56. The van der Waals surface area contributed by atoms with E-state index in [1.165, 1.54) is 12.1 Å². The lowest BCUT2D eigenvalue weighted by Gasteiger charge is -2.08. The molecule has 2 aromatic rings. The van der Waals surface area contributed by atoms with Gasteiger partial charge < -0.3 is 9.73 Å². The Hall–Kier alpha value is -2.60. The summed E-state index contributed by atoms with van der Waals surface area (Å²) in [4.78, 5) is 34.6. The number of hydrogen-bond acceptors (Lipinski definition) is 4. The molecule has 0 bridgehead atoms. The molecule has 1 fully saturated rings. The van der Waals surface area contributed by atoms with E-state index < -0.39 is 5.91 Å². The van der Waals surface area contributed by atoms with Gasteiger partial charge in [-0.25, -0.2) is 0 Å². The van der Waals surface area contributed by atoms with Gasteiger partial charge in [-0.3, -0.25) is 19.7 Å². The molecular formula is C16H13ClN2O4. The molecule has 0 aliphatic carbocycles. The van der Waals surface area contributed by atoms with E-state index in [2.05, 4.69) is 10.6 Å². The molecule has 7 heteroatoms. The molecule has 3 rings (SSSR count). The van der Waals surface area contributed by atoms with Crippen molar-refractivity contribution in [3.05, 3.63) is 52.9 Å². The number of rotatable bonds is 4. The summed E-state index contributed by atoms with van der Waals surface area (Å²) in [5, 5.41) is 5.12. The number of carbonyl (C=O) groups excluding carboxylic acids is 3. The van der Waals surface area contributed by atoms with Crippen LogP contribution in [0.3, 0.4) is 0 Å². The van der Waals surface area contributed by atoms with Crippen LogP contribution in [0.15, 0.2) is 40.8 Å². The number of imide groups is 1. The molecule has 2 N–H and O–H groups in total. The van der Waals surface area contributed by atoms with Crippen molar-refractivity contribution in [3.63, 3.8) is 0 Å². The van der Waals surface area contributed by atoms with Crippen molar-refractivity contribution in [2.24, 2.45) is 5.92 Å². The van der Waals surface area contributed by atoms with Crippen molar-refractivity contribution >= 4 is 35.0 Å². The van der Waals surface area contributed by atoms with Gasteiger partial charge in [0, 0.05) is 12.1 Å². The quantitative estimate of drug-likeness (QED) is 0.841. The van der Waals surface area contributed by atoms with Crippen molar-refractivity contribution < 1.29 is 18.8 Å². The molecule has 1 atom stereocenters. The van der Waals surface area contributed by atoms with E-state index in [0.717, 1.165) is 5.56 Å². The lowest BCUT2D eigenvalue weighted by atomic mass is 9.98. The molecule has 1 saturated heterocycles. The van der Waals surface area contributed by atoms with Crippen LogP contribution in [0, 0.1) is 5.92 Å². The highest BCUT2D eigenvalue weighted by Crippen LogP contribution is 2.20. The first-order valence-electron chi connectivity index (χ1n) is 7.00. The van der Waals surface area contributed by atoms with E-state index in [9.17, 15) is 14.4 Å². The maximum absolute atomic E-state index is 11.9. The maximum atomic E-state index is 11.9.